The van der Waals surface area contributed by atoms with Gasteiger partial charge in [0.25, 0.3) is 10.0 Å². The van der Waals surface area contributed by atoms with E-state index in [1.807, 2.05) is 0 Å². The molecule has 3 aromatic rings. The van der Waals surface area contributed by atoms with Crippen molar-refractivity contribution >= 4 is 38.6 Å². The Hall–Kier alpha value is -2.58. The second-order valence-electron chi connectivity index (χ2n) is 6.02. The minimum absolute atomic E-state index is 0.0409. The molecule has 0 N–H and O–H groups in total. The molecule has 3 rings (SSSR count). The molecule has 0 unspecified atom stereocenters. The van der Waals surface area contributed by atoms with Crippen molar-refractivity contribution in [1.29, 1.82) is 0 Å². The molecule has 28 heavy (non-hydrogen) atoms. The van der Waals surface area contributed by atoms with Crippen LogP contribution in [0.1, 0.15) is 18.5 Å². The van der Waals surface area contributed by atoms with Crippen molar-refractivity contribution in [2.45, 2.75) is 24.2 Å². The van der Waals surface area contributed by atoms with Crippen LogP contribution >= 0.6 is 11.6 Å². The lowest BCUT2D eigenvalue weighted by atomic mass is 10.2. The van der Waals surface area contributed by atoms with Gasteiger partial charge in [-0.2, -0.15) is 0 Å². The summed E-state index contributed by atoms with van der Waals surface area (Å²) in [5.74, 6) is -0.108. The first-order valence-corrected chi connectivity index (χ1v) is 10.3. The van der Waals surface area contributed by atoms with Crippen LogP contribution < -0.4 is 4.74 Å². The quantitative estimate of drug-likeness (QED) is 0.428. The van der Waals surface area contributed by atoms with E-state index in [4.69, 9.17) is 16.3 Å². The van der Waals surface area contributed by atoms with Crippen molar-refractivity contribution in [1.82, 2.24) is 8.96 Å². The zero-order chi connectivity index (χ0) is 20.3. The first-order valence-electron chi connectivity index (χ1n) is 8.50. The molecule has 9 heteroatoms. The number of hydrogen-bond acceptors (Lipinski definition) is 6. The monoisotopic (exact) mass is 422 g/mol. The number of rotatable bonds is 7. The average Bonchev–Trinajstić information content (AvgIpc) is 3.05. The van der Waals surface area contributed by atoms with E-state index in [1.54, 1.807) is 30.3 Å². The van der Waals surface area contributed by atoms with Crippen LogP contribution in [0.3, 0.4) is 0 Å². The number of carbonyl (C=O) groups excluding carboxylic acids is 1. The Morgan fingerprint density at radius 3 is 2.64 bits per heavy atom. The van der Waals surface area contributed by atoms with Crippen molar-refractivity contribution < 1.29 is 22.7 Å². The van der Waals surface area contributed by atoms with Crippen molar-refractivity contribution in [2.24, 2.45) is 0 Å². The van der Waals surface area contributed by atoms with Gasteiger partial charge >= 0.3 is 5.97 Å². The number of pyridine rings is 1. The smallest absolute Gasteiger partial charge is 0.305 e. The van der Waals surface area contributed by atoms with Gasteiger partial charge in [-0.1, -0.05) is 23.7 Å². The Balaban J connectivity index is 2.14. The van der Waals surface area contributed by atoms with Crippen LogP contribution in [0.25, 0.3) is 11.0 Å². The van der Waals surface area contributed by atoms with Gasteiger partial charge in [0.05, 0.1) is 25.3 Å². The Morgan fingerprint density at radius 1 is 1.18 bits per heavy atom. The molecule has 2 aromatic heterocycles. The van der Waals surface area contributed by atoms with E-state index in [-0.39, 0.29) is 28.2 Å². The lowest BCUT2D eigenvalue weighted by Crippen LogP contribution is -2.17. The summed E-state index contributed by atoms with van der Waals surface area (Å²) < 4.78 is 38.1. The van der Waals surface area contributed by atoms with Crippen LogP contribution in [0.4, 0.5) is 0 Å². The highest BCUT2D eigenvalue weighted by atomic mass is 35.5. The van der Waals surface area contributed by atoms with Crippen molar-refractivity contribution in [3.8, 4) is 5.75 Å². The molecule has 0 amide bonds. The van der Waals surface area contributed by atoms with E-state index in [0.717, 1.165) is 0 Å². The highest BCUT2D eigenvalue weighted by Gasteiger charge is 2.26. The molecule has 0 aliphatic carbocycles. The van der Waals surface area contributed by atoms with Crippen LogP contribution in [0.2, 0.25) is 5.15 Å². The predicted molar refractivity (Wildman–Crippen MR) is 105 cm³/mol. The van der Waals surface area contributed by atoms with E-state index in [1.165, 1.54) is 30.3 Å². The SMILES string of the molecule is COC(=O)CCCc1cc2nc(Cl)ccc2n1S(=O)(=O)c1ccccc1OC. The normalized spacial score (nSPS) is 11.5. The van der Waals surface area contributed by atoms with Crippen LogP contribution in [0.5, 0.6) is 5.75 Å². The summed E-state index contributed by atoms with van der Waals surface area (Å²) in [6.45, 7) is 0. The minimum atomic E-state index is -3.97. The van der Waals surface area contributed by atoms with E-state index in [2.05, 4.69) is 9.72 Å². The third-order valence-electron chi connectivity index (χ3n) is 4.28. The van der Waals surface area contributed by atoms with Gasteiger partial charge in [-0.15, -0.1) is 0 Å². The van der Waals surface area contributed by atoms with Crippen molar-refractivity contribution in [2.75, 3.05) is 14.2 Å². The number of methoxy groups -OCH3 is 2. The molecule has 0 bridgehead atoms. The van der Waals surface area contributed by atoms with E-state index < -0.39 is 10.0 Å². The number of aryl methyl sites for hydroxylation is 1. The van der Waals surface area contributed by atoms with Crippen molar-refractivity contribution in [3.63, 3.8) is 0 Å². The number of para-hydroxylation sites is 1. The third-order valence-corrected chi connectivity index (χ3v) is 6.30. The Bertz CT molecular complexity index is 1120. The maximum absolute atomic E-state index is 13.5. The number of ether oxygens (including phenoxy) is 2. The lowest BCUT2D eigenvalue weighted by Gasteiger charge is -2.14. The summed E-state index contributed by atoms with van der Waals surface area (Å²) in [7, 11) is -1.24. The molecule has 0 spiro atoms. The standard InChI is InChI=1S/C19H19ClN2O5S/c1-26-16-7-3-4-8-17(16)28(24,25)22-13(6-5-9-19(23)27-2)12-14-15(22)10-11-18(20)21-14/h3-4,7-8,10-12H,5-6,9H2,1-2H3. The number of halogens is 1. The van der Waals surface area contributed by atoms with Gasteiger partial charge in [-0.3, -0.25) is 4.79 Å². The molecule has 0 saturated heterocycles. The molecule has 0 fully saturated rings. The van der Waals surface area contributed by atoms with E-state index in [0.29, 0.717) is 29.6 Å². The summed E-state index contributed by atoms with van der Waals surface area (Å²) in [5.41, 5.74) is 1.36. The van der Waals surface area contributed by atoms with Crippen LogP contribution in [-0.4, -0.2) is 37.6 Å². The average molecular weight is 423 g/mol. The first kappa shape index (κ1) is 20.2. The molecule has 7 nitrogen and oxygen atoms in total. The van der Waals surface area contributed by atoms with Crippen LogP contribution in [0.15, 0.2) is 47.4 Å². The number of esters is 1. The molecule has 0 saturated carbocycles. The summed E-state index contributed by atoms with van der Waals surface area (Å²) in [6.07, 6.45) is 0.955. The predicted octanol–water partition coefficient (Wildman–Crippen LogP) is 3.43. The Morgan fingerprint density at radius 2 is 1.93 bits per heavy atom. The largest absolute Gasteiger partial charge is 0.495 e. The number of aromatic nitrogens is 2. The van der Waals surface area contributed by atoms with Gasteiger partial charge in [-0.25, -0.2) is 17.4 Å². The number of nitrogens with zero attached hydrogens (tertiary/aromatic N) is 2. The molecule has 0 aliphatic rings. The van der Waals surface area contributed by atoms with Gasteiger partial charge in [0.15, 0.2) is 0 Å². The fraction of sp³-hybridized carbons (Fsp3) is 0.263. The topological polar surface area (TPSA) is 87.5 Å². The van der Waals surface area contributed by atoms with E-state index in [9.17, 15) is 13.2 Å². The highest BCUT2D eigenvalue weighted by molar-refractivity contribution is 7.90. The first-order chi connectivity index (χ1) is 13.4. The zero-order valence-corrected chi connectivity index (χ0v) is 17.0. The van der Waals surface area contributed by atoms with Gasteiger partial charge in [0.2, 0.25) is 0 Å². The summed E-state index contributed by atoms with van der Waals surface area (Å²) in [6, 6.07) is 11.2. The maximum Gasteiger partial charge on any atom is 0.305 e. The van der Waals surface area contributed by atoms with E-state index >= 15 is 0 Å². The summed E-state index contributed by atoms with van der Waals surface area (Å²) in [4.78, 5) is 15.7. The highest BCUT2D eigenvalue weighted by Crippen LogP contribution is 2.31. The fourth-order valence-corrected chi connectivity index (χ4v) is 4.87. The minimum Gasteiger partial charge on any atom is -0.495 e. The molecular formula is C19H19ClN2O5S. The van der Waals surface area contributed by atoms with Gasteiger partial charge in [-0.05, 0) is 43.2 Å². The second kappa shape index (κ2) is 8.20. The maximum atomic E-state index is 13.5. The lowest BCUT2D eigenvalue weighted by molar-refractivity contribution is -0.140. The number of hydrogen-bond donors (Lipinski definition) is 0. The van der Waals surface area contributed by atoms with Crippen LogP contribution in [-0.2, 0) is 26.0 Å². The second-order valence-corrected chi connectivity index (χ2v) is 8.17. The fourth-order valence-electron chi connectivity index (χ4n) is 3.00. The van der Waals surface area contributed by atoms with Crippen molar-refractivity contribution in [3.05, 3.63) is 53.3 Å². The molecule has 0 radical (unpaired) electrons. The molecule has 2 heterocycles. The molecule has 0 atom stereocenters. The van der Waals surface area contributed by atoms with Gasteiger partial charge in [0, 0.05) is 12.1 Å². The molecule has 1 aromatic carbocycles. The molecule has 148 valence electrons. The zero-order valence-electron chi connectivity index (χ0n) is 15.4. The van der Waals surface area contributed by atoms with Gasteiger partial charge < -0.3 is 9.47 Å². The number of carbonyl (C=O) groups is 1. The number of benzene rings is 1. The summed E-state index contributed by atoms with van der Waals surface area (Å²) >= 11 is 5.97. The molecular weight excluding hydrogens is 404 g/mol. The summed E-state index contributed by atoms with van der Waals surface area (Å²) in [5, 5.41) is 0.264. The van der Waals surface area contributed by atoms with Gasteiger partial charge in [0.1, 0.15) is 15.8 Å². The molecule has 0 aliphatic heterocycles. The number of fused-ring (bicyclic) bond motifs is 1. The Labute approximate surface area is 167 Å². The third kappa shape index (κ3) is 3.83. The Kier molecular flexibility index (Phi) is 5.90. The van der Waals surface area contributed by atoms with Crippen LogP contribution in [0, 0.1) is 0 Å².